The highest BCUT2D eigenvalue weighted by Gasteiger charge is 2.51. The Kier molecular flexibility index (Phi) is 3.74. The van der Waals surface area contributed by atoms with Crippen molar-refractivity contribution in [2.24, 2.45) is 0 Å². The van der Waals surface area contributed by atoms with Gasteiger partial charge in [0.15, 0.2) is 0 Å². The minimum absolute atomic E-state index is 0.0342. The molecule has 1 aromatic carbocycles. The lowest BCUT2D eigenvalue weighted by Crippen LogP contribution is -2.47. The molecular formula is C17H22FNO2. The number of nitrogens with one attached hydrogen (secondary N) is 1. The molecule has 2 aliphatic carbocycles. The number of aliphatic hydroxyl groups is 1. The lowest BCUT2D eigenvalue weighted by atomic mass is 9.84. The van der Waals surface area contributed by atoms with E-state index in [1.165, 1.54) is 12.1 Å². The molecule has 3 rings (SSSR count). The molecule has 2 aliphatic rings. The molecule has 0 aliphatic heterocycles. The summed E-state index contributed by atoms with van der Waals surface area (Å²) in [6, 6.07) is 6.18. The Hall–Kier alpha value is -1.42. The summed E-state index contributed by atoms with van der Waals surface area (Å²) in [5.74, 6) is -0.320. The number of hydrogen-bond acceptors (Lipinski definition) is 2. The molecule has 0 atom stereocenters. The number of amides is 1. The van der Waals surface area contributed by atoms with Crippen LogP contribution in [-0.2, 0) is 10.2 Å². The number of carbonyl (C=O) groups excluding carboxylic acids is 1. The summed E-state index contributed by atoms with van der Waals surface area (Å²) in [6.45, 7) is 0.328. The third-order valence-electron chi connectivity index (χ3n) is 4.94. The van der Waals surface area contributed by atoms with Crippen LogP contribution in [0.5, 0.6) is 0 Å². The molecule has 114 valence electrons. The average Bonchev–Trinajstić information content (AvgIpc) is 3.28. The summed E-state index contributed by atoms with van der Waals surface area (Å²) in [5.41, 5.74) is -0.372. The fourth-order valence-electron chi connectivity index (χ4n) is 3.34. The fraction of sp³-hybridized carbons (Fsp3) is 0.588. The molecule has 21 heavy (non-hydrogen) atoms. The molecule has 0 unspecified atom stereocenters. The molecule has 1 aromatic rings. The molecular weight excluding hydrogens is 269 g/mol. The maximum absolute atomic E-state index is 13.0. The first-order chi connectivity index (χ1) is 10.0. The van der Waals surface area contributed by atoms with Gasteiger partial charge in [0.05, 0.1) is 11.0 Å². The monoisotopic (exact) mass is 291 g/mol. The molecule has 4 heteroatoms. The number of halogens is 1. The Labute approximate surface area is 124 Å². The van der Waals surface area contributed by atoms with E-state index in [0.717, 1.165) is 50.5 Å². The van der Waals surface area contributed by atoms with E-state index < -0.39 is 11.0 Å². The second kappa shape index (κ2) is 5.41. The molecule has 2 saturated carbocycles. The zero-order chi connectivity index (χ0) is 14.9. The molecule has 0 heterocycles. The van der Waals surface area contributed by atoms with Crippen molar-refractivity contribution in [2.45, 2.75) is 56.0 Å². The third kappa shape index (κ3) is 2.95. The van der Waals surface area contributed by atoms with Crippen LogP contribution in [0.3, 0.4) is 0 Å². The average molecular weight is 291 g/mol. The number of rotatable bonds is 4. The van der Waals surface area contributed by atoms with Gasteiger partial charge in [0.25, 0.3) is 0 Å². The van der Waals surface area contributed by atoms with Crippen LogP contribution >= 0.6 is 0 Å². The van der Waals surface area contributed by atoms with Crippen LogP contribution < -0.4 is 5.32 Å². The van der Waals surface area contributed by atoms with E-state index in [4.69, 9.17) is 0 Å². The van der Waals surface area contributed by atoms with E-state index >= 15 is 0 Å². The summed E-state index contributed by atoms with van der Waals surface area (Å²) in [4.78, 5) is 12.5. The molecule has 0 bridgehead atoms. The molecule has 0 spiro atoms. The van der Waals surface area contributed by atoms with E-state index in [1.807, 2.05) is 0 Å². The Balaban J connectivity index is 1.63. The van der Waals surface area contributed by atoms with Crippen LogP contribution in [0.15, 0.2) is 24.3 Å². The maximum Gasteiger partial charge on any atom is 0.230 e. The summed E-state index contributed by atoms with van der Waals surface area (Å²) >= 11 is 0. The summed E-state index contributed by atoms with van der Waals surface area (Å²) < 4.78 is 13.0. The van der Waals surface area contributed by atoms with Crippen molar-refractivity contribution in [3.8, 4) is 0 Å². The zero-order valence-electron chi connectivity index (χ0n) is 12.2. The van der Waals surface area contributed by atoms with Gasteiger partial charge in [-0.2, -0.15) is 0 Å². The first-order valence-electron chi connectivity index (χ1n) is 7.81. The van der Waals surface area contributed by atoms with Crippen LogP contribution in [0.1, 0.15) is 50.5 Å². The fourth-order valence-corrected chi connectivity index (χ4v) is 3.34. The van der Waals surface area contributed by atoms with Gasteiger partial charge in [0.2, 0.25) is 5.91 Å². The number of benzene rings is 1. The highest BCUT2D eigenvalue weighted by molar-refractivity contribution is 5.91. The smallest absolute Gasteiger partial charge is 0.230 e. The first-order valence-corrected chi connectivity index (χ1v) is 7.81. The van der Waals surface area contributed by atoms with Crippen LogP contribution in [0.2, 0.25) is 0 Å². The summed E-state index contributed by atoms with van der Waals surface area (Å²) in [6.07, 6.45) is 6.32. The van der Waals surface area contributed by atoms with E-state index in [2.05, 4.69) is 5.32 Å². The quantitative estimate of drug-likeness (QED) is 0.896. The molecule has 1 amide bonds. The minimum atomic E-state index is -0.743. The molecule has 3 nitrogen and oxygen atoms in total. The Morgan fingerprint density at radius 3 is 2.29 bits per heavy atom. The van der Waals surface area contributed by atoms with E-state index in [1.54, 1.807) is 12.1 Å². The number of hydrogen-bond donors (Lipinski definition) is 2. The largest absolute Gasteiger partial charge is 0.388 e. The van der Waals surface area contributed by atoms with Crippen LogP contribution in [0.4, 0.5) is 4.39 Å². The molecule has 0 aromatic heterocycles. The van der Waals surface area contributed by atoms with E-state index in [-0.39, 0.29) is 11.7 Å². The van der Waals surface area contributed by atoms with Crippen molar-refractivity contribution in [3.63, 3.8) is 0 Å². The van der Waals surface area contributed by atoms with Gasteiger partial charge in [0, 0.05) is 6.54 Å². The Bertz CT molecular complexity index is 516. The second-order valence-electron chi connectivity index (χ2n) is 6.56. The zero-order valence-corrected chi connectivity index (χ0v) is 12.2. The van der Waals surface area contributed by atoms with Gasteiger partial charge in [0.1, 0.15) is 5.82 Å². The van der Waals surface area contributed by atoms with Crippen molar-refractivity contribution in [1.82, 2.24) is 5.32 Å². The van der Waals surface area contributed by atoms with Gasteiger partial charge in [-0.25, -0.2) is 4.39 Å². The lowest BCUT2D eigenvalue weighted by molar-refractivity contribution is -0.125. The highest BCUT2D eigenvalue weighted by atomic mass is 19.1. The van der Waals surface area contributed by atoms with Crippen molar-refractivity contribution in [2.75, 3.05) is 6.54 Å². The summed E-state index contributed by atoms with van der Waals surface area (Å²) in [5, 5.41) is 13.4. The van der Waals surface area contributed by atoms with Gasteiger partial charge < -0.3 is 10.4 Å². The SMILES string of the molecule is O=C(NCC1(O)CCCCC1)C1(c2ccc(F)cc2)CC1. The van der Waals surface area contributed by atoms with Gasteiger partial charge in [-0.3, -0.25) is 4.79 Å². The van der Waals surface area contributed by atoms with E-state index in [0.29, 0.717) is 6.54 Å². The Morgan fingerprint density at radius 2 is 1.71 bits per heavy atom. The van der Waals surface area contributed by atoms with Crippen LogP contribution in [0.25, 0.3) is 0 Å². The third-order valence-corrected chi connectivity index (χ3v) is 4.94. The van der Waals surface area contributed by atoms with Gasteiger partial charge in [-0.05, 0) is 43.4 Å². The van der Waals surface area contributed by atoms with Gasteiger partial charge >= 0.3 is 0 Å². The van der Waals surface area contributed by atoms with Crippen molar-refractivity contribution < 1.29 is 14.3 Å². The molecule has 2 fully saturated rings. The topological polar surface area (TPSA) is 49.3 Å². The lowest BCUT2D eigenvalue weighted by Gasteiger charge is -2.32. The van der Waals surface area contributed by atoms with Gasteiger partial charge in [-0.15, -0.1) is 0 Å². The predicted octanol–water partition coefficient (Wildman–Crippen LogP) is 2.67. The normalized spacial score (nSPS) is 22.6. The van der Waals surface area contributed by atoms with Crippen LogP contribution in [0, 0.1) is 5.82 Å². The standard InChI is InChI=1S/C17H22FNO2/c18-14-6-4-13(5-7-14)17(10-11-17)15(20)19-12-16(21)8-2-1-3-9-16/h4-7,21H,1-3,8-12H2,(H,19,20). The molecule has 0 radical (unpaired) electrons. The van der Waals surface area contributed by atoms with Crippen molar-refractivity contribution >= 4 is 5.91 Å². The maximum atomic E-state index is 13.0. The second-order valence-corrected chi connectivity index (χ2v) is 6.56. The van der Waals surface area contributed by atoms with Crippen molar-refractivity contribution in [1.29, 1.82) is 0 Å². The Morgan fingerprint density at radius 1 is 1.10 bits per heavy atom. The predicted molar refractivity (Wildman–Crippen MR) is 78.4 cm³/mol. The summed E-state index contributed by atoms with van der Waals surface area (Å²) in [7, 11) is 0. The van der Waals surface area contributed by atoms with E-state index in [9.17, 15) is 14.3 Å². The minimum Gasteiger partial charge on any atom is -0.388 e. The van der Waals surface area contributed by atoms with Crippen LogP contribution in [-0.4, -0.2) is 23.2 Å². The molecule has 2 N–H and O–H groups in total. The highest BCUT2D eigenvalue weighted by Crippen LogP contribution is 2.48. The number of carbonyl (C=O) groups is 1. The molecule has 0 saturated heterocycles. The van der Waals surface area contributed by atoms with Crippen molar-refractivity contribution in [3.05, 3.63) is 35.6 Å². The first kappa shape index (κ1) is 14.5. The van der Waals surface area contributed by atoms with Gasteiger partial charge in [-0.1, -0.05) is 31.4 Å².